The smallest absolute Gasteiger partial charge is 0.306 e. The normalized spacial score (nSPS) is 24.0. The van der Waals surface area contributed by atoms with Gasteiger partial charge in [-0.2, -0.15) is 0 Å². The van der Waals surface area contributed by atoms with Crippen molar-refractivity contribution in [2.45, 2.75) is 90.0 Å². The van der Waals surface area contributed by atoms with Crippen LogP contribution in [0, 0.1) is 11.8 Å². The van der Waals surface area contributed by atoms with E-state index in [4.69, 9.17) is 0 Å². The summed E-state index contributed by atoms with van der Waals surface area (Å²) in [6, 6.07) is 1.87. The molecule has 1 aromatic rings. The van der Waals surface area contributed by atoms with Gasteiger partial charge in [0, 0.05) is 25.3 Å². The number of carboxylic acid groups (broad SMARTS) is 1. The zero-order valence-corrected chi connectivity index (χ0v) is 20.5. The summed E-state index contributed by atoms with van der Waals surface area (Å²) < 4.78 is 1.92. The molecular formula is C27H41N3O4. The van der Waals surface area contributed by atoms with Crippen molar-refractivity contribution in [2.24, 2.45) is 11.8 Å². The maximum Gasteiger partial charge on any atom is 0.306 e. The van der Waals surface area contributed by atoms with Gasteiger partial charge in [0.2, 0.25) is 0 Å². The fraction of sp³-hybridized carbons (Fsp3) is 0.741. The molecule has 1 aliphatic heterocycles. The fourth-order valence-corrected chi connectivity index (χ4v) is 6.00. The van der Waals surface area contributed by atoms with Gasteiger partial charge in [0.1, 0.15) is 5.56 Å². The lowest BCUT2D eigenvalue weighted by Gasteiger charge is -2.28. The first kappa shape index (κ1) is 25.0. The van der Waals surface area contributed by atoms with Crippen molar-refractivity contribution >= 4 is 11.9 Å². The lowest BCUT2D eigenvalue weighted by Crippen LogP contribution is -2.40. The first-order valence-electron chi connectivity index (χ1n) is 13.5. The third-order valence-corrected chi connectivity index (χ3v) is 8.18. The molecule has 1 aromatic heterocycles. The molecule has 34 heavy (non-hydrogen) atoms. The van der Waals surface area contributed by atoms with Gasteiger partial charge >= 0.3 is 5.97 Å². The third-order valence-electron chi connectivity index (χ3n) is 8.18. The highest BCUT2D eigenvalue weighted by Crippen LogP contribution is 2.28. The Bertz CT molecular complexity index is 911. The number of fused-ring (bicyclic) bond motifs is 1. The molecule has 1 saturated carbocycles. The van der Waals surface area contributed by atoms with E-state index in [9.17, 15) is 19.5 Å². The lowest BCUT2D eigenvalue weighted by molar-refractivity contribution is -0.143. The van der Waals surface area contributed by atoms with E-state index in [1.54, 1.807) is 0 Å². The Balaban J connectivity index is 1.48. The molecule has 0 radical (unpaired) electrons. The van der Waals surface area contributed by atoms with Crippen LogP contribution in [0.25, 0.3) is 0 Å². The summed E-state index contributed by atoms with van der Waals surface area (Å²) in [6.45, 7) is 4.23. The van der Waals surface area contributed by atoms with Crippen molar-refractivity contribution in [3.63, 3.8) is 0 Å². The summed E-state index contributed by atoms with van der Waals surface area (Å²) >= 11 is 0. The minimum atomic E-state index is -0.714. The largest absolute Gasteiger partial charge is 0.481 e. The minimum absolute atomic E-state index is 0.150. The number of nitrogens with one attached hydrogen (secondary N) is 1. The van der Waals surface area contributed by atoms with E-state index in [2.05, 4.69) is 10.2 Å². The molecule has 0 unspecified atom stereocenters. The van der Waals surface area contributed by atoms with E-state index >= 15 is 0 Å². The van der Waals surface area contributed by atoms with E-state index in [1.807, 2.05) is 10.6 Å². The Labute approximate surface area is 202 Å². The number of likely N-dealkylation sites (tertiary alicyclic amines) is 1. The van der Waals surface area contributed by atoms with Gasteiger partial charge in [-0.25, -0.2) is 0 Å². The number of aliphatic carboxylic acids is 1. The average Bonchev–Trinajstić information content (AvgIpc) is 2.83. The Morgan fingerprint density at radius 3 is 2.29 bits per heavy atom. The van der Waals surface area contributed by atoms with Crippen molar-refractivity contribution in [3.05, 3.63) is 33.2 Å². The number of amides is 1. The fourth-order valence-electron chi connectivity index (χ4n) is 6.00. The minimum Gasteiger partial charge on any atom is -0.481 e. The molecule has 3 aliphatic rings. The van der Waals surface area contributed by atoms with Crippen molar-refractivity contribution in [1.29, 1.82) is 0 Å². The summed E-state index contributed by atoms with van der Waals surface area (Å²) in [7, 11) is 0. The second-order valence-electron chi connectivity index (χ2n) is 10.6. The predicted octanol–water partition coefficient (Wildman–Crippen LogP) is 3.61. The van der Waals surface area contributed by atoms with Gasteiger partial charge in [-0.1, -0.05) is 19.3 Å². The van der Waals surface area contributed by atoms with Crippen LogP contribution in [-0.2, 0) is 24.2 Å². The number of rotatable bonds is 7. The highest BCUT2D eigenvalue weighted by molar-refractivity contribution is 5.94. The standard InChI is InChI=1S/C27H41N3O4/c31-25(28-19-20-10-12-21(13-11-20)27(33)34)23-18-22-8-4-1-2-5-9-24(22)30(26(23)32)17-16-29-14-6-3-7-15-29/h18,20-21H,1-17,19H2,(H,28,31)(H,33,34)/t20-,21-. The van der Waals surface area contributed by atoms with Gasteiger partial charge < -0.3 is 19.9 Å². The molecule has 4 rings (SSSR count). The Morgan fingerprint density at radius 1 is 0.912 bits per heavy atom. The maximum atomic E-state index is 13.5. The van der Waals surface area contributed by atoms with Gasteiger partial charge in [0.05, 0.1) is 5.92 Å². The Morgan fingerprint density at radius 2 is 1.59 bits per heavy atom. The number of aromatic nitrogens is 1. The van der Waals surface area contributed by atoms with Crippen molar-refractivity contribution < 1.29 is 14.7 Å². The first-order chi connectivity index (χ1) is 16.5. The van der Waals surface area contributed by atoms with Gasteiger partial charge in [-0.15, -0.1) is 0 Å². The molecule has 2 N–H and O–H groups in total. The van der Waals surface area contributed by atoms with Crippen molar-refractivity contribution in [3.8, 4) is 0 Å². The Hall–Kier alpha value is -2.15. The van der Waals surface area contributed by atoms with Crippen LogP contribution < -0.4 is 10.9 Å². The second kappa shape index (κ2) is 12.0. The van der Waals surface area contributed by atoms with Gasteiger partial charge in [0.15, 0.2) is 0 Å². The van der Waals surface area contributed by atoms with E-state index < -0.39 is 5.97 Å². The van der Waals surface area contributed by atoms with Gasteiger partial charge in [0.25, 0.3) is 11.5 Å². The van der Waals surface area contributed by atoms with Crippen LogP contribution in [0.2, 0.25) is 0 Å². The molecule has 7 heteroatoms. The number of pyridine rings is 1. The van der Waals surface area contributed by atoms with Crippen LogP contribution in [0.3, 0.4) is 0 Å². The van der Waals surface area contributed by atoms with Crippen LogP contribution >= 0.6 is 0 Å². The molecule has 2 aliphatic carbocycles. The molecule has 2 fully saturated rings. The Kier molecular flexibility index (Phi) is 8.81. The van der Waals surface area contributed by atoms with Gasteiger partial charge in [-0.05, 0) is 94.8 Å². The summed E-state index contributed by atoms with van der Waals surface area (Å²) in [5, 5.41) is 12.2. The summed E-state index contributed by atoms with van der Waals surface area (Å²) in [4.78, 5) is 40.3. The van der Waals surface area contributed by atoms with Crippen molar-refractivity contribution in [2.75, 3.05) is 26.2 Å². The summed E-state index contributed by atoms with van der Waals surface area (Å²) in [5.41, 5.74) is 2.44. The molecule has 0 aromatic carbocycles. The third kappa shape index (κ3) is 6.29. The van der Waals surface area contributed by atoms with Crippen LogP contribution in [0.4, 0.5) is 0 Å². The zero-order valence-electron chi connectivity index (χ0n) is 20.5. The number of aryl methyl sites for hydroxylation is 1. The van der Waals surface area contributed by atoms with E-state index in [-0.39, 0.29) is 28.9 Å². The molecule has 2 heterocycles. The SMILES string of the molecule is O=C(NC[C@H]1CC[C@H](C(=O)O)CC1)c1cc2c(n(CCN3CCCCC3)c1=O)CCCCCC2. The average molecular weight is 472 g/mol. The summed E-state index contributed by atoms with van der Waals surface area (Å²) in [6.07, 6.45) is 13.1. The number of hydrogen-bond acceptors (Lipinski definition) is 4. The number of carbonyl (C=O) groups is 2. The highest BCUT2D eigenvalue weighted by Gasteiger charge is 2.27. The first-order valence-corrected chi connectivity index (χ1v) is 13.5. The number of piperidine rings is 1. The number of carbonyl (C=O) groups excluding carboxylic acids is 1. The molecule has 7 nitrogen and oxygen atoms in total. The molecular weight excluding hydrogens is 430 g/mol. The number of nitrogens with zero attached hydrogens (tertiary/aromatic N) is 2. The lowest BCUT2D eigenvalue weighted by atomic mass is 9.82. The van der Waals surface area contributed by atoms with E-state index in [0.29, 0.717) is 25.9 Å². The monoisotopic (exact) mass is 471 g/mol. The molecule has 188 valence electrons. The van der Waals surface area contributed by atoms with E-state index in [1.165, 1.54) is 37.7 Å². The zero-order chi connectivity index (χ0) is 23.9. The van der Waals surface area contributed by atoms with Crippen molar-refractivity contribution in [1.82, 2.24) is 14.8 Å². The molecule has 1 saturated heterocycles. The topological polar surface area (TPSA) is 91.6 Å². The maximum absolute atomic E-state index is 13.5. The second-order valence-corrected chi connectivity index (χ2v) is 10.6. The number of carboxylic acids is 1. The summed E-state index contributed by atoms with van der Waals surface area (Å²) in [5.74, 6) is -0.965. The quantitative estimate of drug-likeness (QED) is 0.634. The molecule has 1 amide bonds. The molecule has 0 bridgehead atoms. The highest BCUT2D eigenvalue weighted by atomic mass is 16.4. The molecule has 0 atom stereocenters. The van der Waals surface area contributed by atoms with Crippen LogP contribution in [0.15, 0.2) is 10.9 Å². The predicted molar refractivity (Wildman–Crippen MR) is 132 cm³/mol. The van der Waals surface area contributed by atoms with Gasteiger partial charge in [-0.3, -0.25) is 14.4 Å². The van der Waals surface area contributed by atoms with E-state index in [0.717, 1.165) is 63.9 Å². The number of hydrogen-bond donors (Lipinski definition) is 2. The van der Waals surface area contributed by atoms with Crippen LogP contribution in [0.1, 0.15) is 92.2 Å². The van der Waals surface area contributed by atoms with Crippen LogP contribution in [0.5, 0.6) is 0 Å². The molecule has 0 spiro atoms. The van der Waals surface area contributed by atoms with Crippen LogP contribution in [-0.4, -0.2) is 52.6 Å².